The van der Waals surface area contributed by atoms with Crippen LogP contribution in [-0.4, -0.2) is 0 Å². The maximum atomic E-state index is 8.74. The van der Waals surface area contributed by atoms with Gasteiger partial charge in [0.1, 0.15) is 0 Å². The minimum atomic E-state index is 0.628. The fraction of sp³-hybridized carbons (Fsp3) is 0.278. The minimum absolute atomic E-state index is 0.628. The number of hydrogen-bond donors (Lipinski definition) is 0. The summed E-state index contributed by atoms with van der Waals surface area (Å²) < 4.78 is 0. The maximum absolute atomic E-state index is 8.74. The van der Waals surface area contributed by atoms with Gasteiger partial charge in [0.15, 0.2) is 0 Å². The Kier molecular flexibility index (Phi) is 5.22. The lowest BCUT2D eigenvalue weighted by atomic mass is 9.99. The zero-order valence-corrected chi connectivity index (χ0v) is 12.5. The largest absolute Gasteiger partial charge is 0.192 e. The van der Waals surface area contributed by atoms with Gasteiger partial charge < -0.3 is 0 Å². The van der Waals surface area contributed by atoms with Crippen LogP contribution in [0.2, 0.25) is 0 Å². The summed E-state index contributed by atoms with van der Waals surface area (Å²) in [5.41, 5.74) is 3.55. The Balaban J connectivity index is 2.02. The molecular formula is C18H19N3. The Morgan fingerprint density at radius 1 is 0.952 bits per heavy atom. The molecule has 2 aromatic rings. The molecule has 0 aliphatic carbocycles. The molecule has 1 unspecified atom stereocenters. The van der Waals surface area contributed by atoms with Crippen LogP contribution in [0.3, 0.4) is 0 Å². The van der Waals surface area contributed by atoms with E-state index in [-0.39, 0.29) is 0 Å². The number of nitrogens with zero attached hydrogens (tertiary/aromatic N) is 3. The number of benzene rings is 2. The van der Waals surface area contributed by atoms with Crippen LogP contribution in [0.15, 0.2) is 58.8 Å². The Morgan fingerprint density at radius 2 is 1.48 bits per heavy atom. The summed E-state index contributed by atoms with van der Waals surface area (Å²) in [6, 6.07) is 17.3. The highest BCUT2D eigenvalue weighted by molar-refractivity contribution is 5.44. The normalized spacial score (nSPS) is 12.2. The zero-order chi connectivity index (χ0) is 15.1. The van der Waals surface area contributed by atoms with Crippen LogP contribution >= 0.6 is 0 Å². The van der Waals surface area contributed by atoms with Gasteiger partial charge in [-0.3, -0.25) is 0 Å². The lowest BCUT2D eigenvalue weighted by molar-refractivity contribution is 0.560. The van der Waals surface area contributed by atoms with Crippen LogP contribution in [0.4, 0.5) is 11.4 Å². The fourth-order valence-electron chi connectivity index (χ4n) is 1.96. The molecule has 2 rings (SSSR count). The number of azo groups is 1. The van der Waals surface area contributed by atoms with Crippen molar-refractivity contribution >= 4 is 11.4 Å². The topological polar surface area (TPSA) is 48.5 Å². The van der Waals surface area contributed by atoms with Crippen molar-refractivity contribution in [3.63, 3.8) is 0 Å². The molecule has 0 saturated carbocycles. The predicted octanol–water partition coefficient (Wildman–Crippen LogP) is 5.56. The van der Waals surface area contributed by atoms with Crippen molar-refractivity contribution in [2.75, 3.05) is 0 Å². The van der Waals surface area contributed by atoms with E-state index in [0.29, 0.717) is 11.5 Å². The molecule has 0 N–H and O–H groups in total. The molecule has 0 amide bonds. The van der Waals surface area contributed by atoms with E-state index in [2.05, 4.69) is 42.3 Å². The molecule has 0 radical (unpaired) electrons. The van der Waals surface area contributed by atoms with Gasteiger partial charge in [-0.2, -0.15) is 15.5 Å². The summed E-state index contributed by atoms with van der Waals surface area (Å²) in [6.07, 6.45) is 2.30. The fourth-order valence-corrected chi connectivity index (χ4v) is 1.96. The summed E-state index contributed by atoms with van der Waals surface area (Å²) in [5, 5.41) is 17.1. The minimum Gasteiger partial charge on any atom is -0.192 e. The smallest absolute Gasteiger partial charge is 0.0991 e. The second-order valence-corrected chi connectivity index (χ2v) is 5.24. The number of hydrogen-bond acceptors (Lipinski definition) is 3. The van der Waals surface area contributed by atoms with Crippen LogP contribution < -0.4 is 0 Å². The van der Waals surface area contributed by atoms with E-state index in [1.807, 2.05) is 12.1 Å². The standard InChI is InChI=1S/C18H19N3/c1-3-14(2)12-15-4-8-17(9-5-15)20-21-18-10-6-16(13-19)7-11-18/h4-11,14H,3,12H2,1-2H3/b21-20+. The van der Waals surface area contributed by atoms with Gasteiger partial charge in [-0.1, -0.05) is 32.4 Å². The van der Waals surface area contributed by atoms with E-state index >= 15 is 0 Å². The lowest BCUT2D eigenvalue weighted by Gasteiger charge is -2.07. The van der Waals surface area contributed by atoms with Crippen LogP contribution in [-0.2, 0) is 6.42 Å². The van der Waals surface area contributed by atoms with Gasteiger partial charge in [0.2, 0.25) is 0 Å². The van der Waals surface area contributed by atoms with E-state index in [1.54, 1.807) is 24.3 Å². The van der Waals surface area contributed by atoms with Crippen molar-refractivity contribution in [3.05, 3.63) is 59.7 Å². The Morgan fingerprint density at radius 3 is 1.95 bits per heavy atom. The average molecular weight is 277 g/mol. The summed E-state index contributed by atoms with van der Waals surface area (Å²) in [5.74, 6) is 0.705. The van der Waals surface area contributed by atoms with Crippen molar-refractivity contribution in [1.29, 1.82) is 5.26 Å². The van der Waals surface area contributed by atoms with Crippen LogP contribution in [0.25, 0.3) is 0 Å². The van der Waals surface area contributed by atoms with Gasteiger partial charge in [0.25, 0.3) is 0 Å². The number of rotatable bonds is 5. The molecule has 0 spiro atoms. The van der Waals surface area contributed by atoms with Crippen molar-refractivity contribution in [2.24, 2.45) is 16.1 Å². The van der Waals surface area contributed by atoms with E-state index in [9.17, 15) is 0 Å². The summed E-state index contributed by atoms with van der Waals surface area (Å²) in [7, 11) is 0. The Hall–Kier alpha value is -2.47. The van der Waals surface area contributed by atoms with Gasteiger partial charge in [0, 0.05) is 0 Å². The summed E-state index contributed by atoms with van der Waals surface area (Å²) in [4.78, 5) is 0. The monoisotopic (exact) mass is 277 g/mol. The van der Waals surface area contributed by atoms with E-state index < -0.39 is 0 Å². The zero-order valence-electron chi connectivity index (χ0n) is 12.5. The van der Waals surface area contributed by atoms with Gasteiger partial charge >= 0.3 is 0 Å². The number of nitriles is 1. The second-order valence-electron chi connectivity index (χ2n) is 5.24. The highest BCUT2D eigenvalue weighted by Gasteiger charge is 2.01. The molecule has 0 fully saturated rings. The van der Waals surface area contributed by atoms with Gasteiger partial charge in [-0.15, -0.1) is 0 Å². The van der Waals surface area contributed by atoms with E-state index in [0.717, 1.165) is 17.8 Å². The Labute approximate surface area is 126 Å². The molecule has 3 nitrogen and oxygen atoms in total. The average Bonchev–Trinajstić information content (AvgIpc) is 2.54. The first kappa shape index (κ1) is 14.9. The van der Waals surface area contributed by atoms with Crippen molar-refractivity contribution in [2.45, 2.75) is 26.7 Å². The Bertz CT molecular complexity index is 634. The molecule has 0 saturated heterocycles. The summed E-state index contributed by atoms with van der Waals surface area (Å²) >= 11 is 0. The van der Waals surface area contributed by atoms with Crippen molar-refractivity contribution < 1.29 is 0 Å². The van der Waals surface area contributed by atoms with Crippen LogP contribution in [0.5, 0.6) is 0 Å². The summed E-state index contributed by atoms with van der Waals surface area (Å²) in [6.45, 7) is 4.48. The third kappa shape index (κ3) is 4.54. The van der Waals surface area contributed by atoms with Crippen molar-refractivity contribution in [3.8, 4) is 6.07 Å². The maximum Gasteiger partial charge on any atom is 0.0991 e. The molecule has 2 aromatic carbocycles. The predicted molar refractivity (Wildman–Crippen MR) is 84.9 cm³/mol. The van der Waals surface area contributed by atoms with E-state index in [4.69, 9.17) is 5.26 Å². The quantitative estimate of drug-likeness (QED) is 0.660. The molecule has 0 aliphatic rings. The third-order valence-electron chi connectivity index (χ3n) is 3.49. The molecule has 0 aliphatic heterocycles. The first-order valence-corrected chi connectivity index (χ1v) is 7.22. The molecule has 0 heterocycles. The molecule has 0 aromatic heterocycles. The SMILES string of the molecule is CCC(C)Cc1ccc(/N=N/c2ccc(C#N)cc2)cc1. The van der Waals surface area contributed by atoms with E-state index in [1.165, 1.54) is 12.0 Å². The molecule has 3 heteroatoms. The molecular weight excluding hydrogens is 258 g/mol. The third-order valence-corrected chi connectivity index (χ3v) is 3.49. The first-order valence-electron chi connectivity index (χ1n) is 7.22. The van der Waals surface area contributed by atoms with Gasteiger partial charge in [-0.05, 0) is 54.3 Å². The van der Waals surface area contributed by atoms with Gasteiger partial charge in [-0.25, -0.2) is 0 Å². The first-order chi connectivity index (χ1) is 10.2. The molecule has 21 heavy (non-hydrogen) atoms. The molecule has 1 atom stereocenters. The van der Waals surface area contributed by atoms with Gasteiger partial charge in [0.05, 0.1) is 23.0 Å². The molecule has 0 bridgehead atoms. The second kappa shape index (κ2) is 7.35. The van der Waals surface area contributed by atoms with Crippen LogP contribution in [0, 0.1) is 17.2 Å². The molecule has 106 valence electrons. The van der Waals surface area contributed by atoms with Crippen molar-refractivity contribution in [1.82, 2.24) is 0 Å². The van der Waals surface area contributed by atoms with Crippen LogP contribution in [0.1, 0.15) is 31.4 Å². The highest BCUT2D eigenvalue weighted by atomic mass is 15.1. The highest BCUT2D eigenvalue weighted by Crippen LogP contribution is 2.20. The lowest BCUT2D eigenvalue weighted by Crippen LogP contribution is -1.96.